The lowest BCUT2D eigenvalue weighted by Crippen LogP contribution is -2.52. The second-order valence-electron chi connectivity index (χ2n) is 10.2. The Kier molecular flexibility index (Phi) is 7.01. The fourth-order valence-corrected chi connectivity index (χ4v) is 6.27. The maximum Gasteiger partial charge on any atom is 0.230 e. The standard InChI is InChI=1S/C29H38N2O2/c1-33-27-12-7-11-25(20-27)22-16-18-30(19-17-22)21-26-15-14-23-8-5-6-13-28(23)31(26)29(32)24-9-3-2-4-10-24/h5-8,11-13,20,22,24,26H,2-4,9-10,14-19,21H2,1H3. The molecule has 1 amide bonds. The van der Waals surface area contributed by atoms with E-state index in [0.717, 1.165) is 51.1 Å². The Balaban J connectivity index is 1.27. The van der Waals surface area contributed by atoms with Gasteiger partial charge in [-0.2, -0.15) is 0 Å². The fraction of sp³-hybridized carbons (Fsp3) is 0.552. The number of hydrogen-bond acceptors (Lipinski definition) is 3. The molecule has 176 valence electrons. The summed E-state index contributed by atoms with van der Waals surface area (Å²) in [5, 5.41) is 0. The summed E-state index contributed by atoms with van der Waals surface area (Å²) in [6, 6.07) is 17.5. The molecule has 2 heterocycles. The van der Waals surface area contributed by atoms with Crippen molar-refractivity contribution in [3.8, 4) is 5.75 Å². The summed E-state index contributed by atoms with van der Waals surface area (Å²) in [4.78, 5) is 18.6. The second kappa shape index (κ2) is 10.3. The topological polar surface area (TPSA) is 32.8 Å². The quantitative estimate of drug-likeness (QED) is 0.582. The lowest BCUT2D eigenvalue weighted by Gasteiger charge is -2.43. The predicted molar refractivity (Wildman–Crippen MR) is 134 cm³/mol. The number of ether oxygens (including phenoxy) is 1. The van der Waals surface area contributed by atoms with Gasteiger partial charge in [-0.25, -0.2) is 0 Å². The summed E-state index contributed by atoms with van der Waals surface area (Å²) >= 11 is 0. The van der Waals surface area contributed by atoms with Crippen molar-refractivity contribution < 1.29 is 9.53 Å². The van der Waals surface area contributed by atoms with Gasteiger partial charge in [0.1, 0.15) is 5.75 Å². The van der Waals surface area contributed by atoms with Gasteiger partial charge in [0.15, 0.2) is 0 Å². The highest BCUT2D eigenvalue weighted by molar-refractivity contribution is 5.97. The molecule has 2 aromatic rings. The van der Waals surface area contributed by atoms with Gasteiger partial charge in [-0.05, 0) is 86.9 Å². The lowest BCUT2D eigenvalue weighted by molar-refractivity contribution is -0.124. The van der Waals surface area contributed by atoms with Crippen molar-refractivity contribution in [2.24, 2.45) is 5.92 Å². The van der Waals surface area contributed by atoms with E-state index in [1.807, 2.05) is 6.07 Å². The van der Waals surface area contributed by atoms with E-state index in [1.165, 1.54) is 48.9 Å². The molecule has 5 rings (SSSR count). The molecule has 1 atom stereocenters. The highest BCUT2D eigenvalue weighted by atomic mass is 16.5. The number of anilines is 1. The van der Waals surface area contributed by atoms with Crippen LogP contribution < -0.4 is 9.64 Å². The van der Waals surface area contributed by atoms with E-state index in [1.54, 1.807) is 7.11 Å². The second-order valence-corrected chi connectivity index (χ2v) is 10.2. The largest absolute Gasteiger partial charge is 0.497 e. The third-order valence-electron chi connectivity index (χ3n) is 8.18. The number of amides is 1. The average molecular weight is 447 g/mol. The number of methoxy groups -OCH3 is 1. The molecule has 4 nitrogen and oxygen atoms in total. The highest BCUT2D eigenvalue weighted by Crippen LogP contribution is 2.36. The third-order valence-corrected chi connectivity index (χ3v) is 8.18. The zero-order chi connectivity index (χ0) is 22.6. The van der Waals surface area contributed by atoms with Gasteiger partial charge in [-0.15, -0.1) is 0 Å². The zero-order valence-corrected chi connectivity index (χ0v) is 20.0. The number of hydrogen-bond donors (Lipinski definition) is 0. The monoisotopic (exact) mass is 446 g/mol. The first-order valence-corrected chi connectivity index (χ1v) is 13.0. The Bertz CT molecular complexity index is 944. The van der Waals surface area contributed by atoms with Crippen LogP contribution >= 0.6 is 0 Å². The van der Waals surface area contributed by atoms with Gasteiger partial charge in [0.05, 0.1) is 7.11 Å². The van der Waals surface area contributed by atoms with Crippen LogP contribution in [0.2, 0.25) is 0 Å². The molecule has 33 heavy (non-hydrogen) atoms. The van der Waals surface area contributed by atoms with E-state index >= 15 is 0 Å². The molecule has 1 aliphatic carbocycles. The maximum atomic E-state index is 13.8. The molecule has 3 aliphatic rings. The minimum Gasteiger partial charge on any atom is -0.497 e. The van der Waals surface area contributed by atoms with Gasteiger partial charge < -0.3 is 14.5 Å². The first-order valence-electron chi connectivity index (χ1n) is 13.0. The molecule has 4 heteroatoms. The molecule has 1 unspecified atom stereocenters. The Hall–Kier alpha value is -2.33. The Morgan fingerprint density at radius 2 is 1.73 bits per heavy atom. The molecule has 2 aromatic carbocycles. The van der Waals surface area contributed by atoms with Crippen molar-refractivity contribution in [1.29, 1.82) is 0 Å². The molecule has 0 N–H and O–H groups in total. The smallest absolute Gasteiger partial charge is 0.230 e. The van der Waals surface area contributed by atoms with Crippen LogP contribution in [0.15, 0.2) is 48.5 Å². The first-order chi connectivity index (χ1) is 16.2. The molecule has 2 aliphatic heterocycles. The number of rotatable bonds is 5. The summed E-state index contributed by atoms with van der Waals surface area (Å²) < 4.78 is 5.43. The summed E-state index contributed by atoms with van der Waals surface area (Å²) in [6.45, 7) is 3.20. The number of benzene rings is 2. The van der Waals surface area contributed by atoms with Gasteiger partial charge >= 0.3 is 0 Å². The number of carbonyl (C=O) groups excluding carboxylic acids is 1. The van der Waals surface area contributed by atoms with Crippen molar-refractivity contribution in [3.63, 3.8) is 0 Å². The van der Waals surface area contributed by atoms with Gasteiger partial charge in [0.2, 0.25) is 5.91 Å². The summed E-state index contributed by atoms with van der Waals surface area (Å²) in [5.74, 6) is 2.15. The van der Waals surface area contributed by atoms with Crippen LogP contribution in [0.25, 0.3) is 0 Å². The Morgan fingerprint density at radius 3 is 2.52 bits per heavy atom. The first kappa shape index (κ1) is 22.5. The summed E-state index contributed by atoms with van der Waals surface area (Å²) in [6.07, 6.45) is 10.3. The van der Waals surface area contributed by atoms with E-state index in [2.05, 4.69) is 52.3 Å². The number of fused-ring (bicyclic) bond motifs is 1. The van der Waals surface area contributed by atoms with Crippen LogP contribution in [0.4, 0.5) is 5.69 Å². The Labute approximate surface area is 198 Å². The number of nitrogens with zero attached hydrogens (tertiary/aromatic N) is 2. The molecule has 0 bridgehead atoms. The van der Waals surface area contributed by atoms with Crippen LogP contribution in [0.5, 0.6) is 5.75 Å². The SMILES string of the molecule is COc1cccc(C2CCN(CC3CCc4ccccc4N3C(=O)C3CCCCC3)CC2)c1. The molecule has 1 saturated carbocycles. The lowest BCUT2D eigenvalue weighted by atomic mass is 9.85. The van der Waals surface area contributed by atoms with Crippen molar-refractivity contribution in [2.45, 2.75) is 69.7 Å². The van der Waals surface area contributed by atoms with Gasteiger partial charge in [0, 0.05) is 24.2 Å². The van der Waals surface area contributed by atoms with E-state index in [0.29, 0.717) is 17.9 Å². The fourth-order valence-electron chi connectivity index (χ4n) is 6.27. The van der Waals surface area contributed by atoms with Crippen molar-refractivity contribution in [1.82, 2.24) is 4.90 Å². The molecular formula is C29H38N2O2. The van der Waals surface area contributed by atoms with E-state index in [4.69, 9.17) is 4.74 Å². The molecular weight excluding hydrogens is 408 g/mol. The van der Waals surface area contributed by atoms with Crippen LogP contribution in [0.1, 0.15) is 68.4 Å². The van der Waals surface area contributed by atoms with Crippen LogP contribution in [-0.2, 0) is 11.2 Å². The minimum atomic E-state index is 0.214. The van der Waals surface area contributed by atoms with Crippen LogP contribution in [-0.4, -0.2) is 43.6 Å². The minimum absolute atomic E-state index is 0.214. The number of carbonyl (C=O) groups is 1. The van der Waals surface area contributed by atoms with Crippen LogP contribution in [0, 0.1) is 5.92 Å². The Morgan fingerprint density at radius 1 is 0.939 bits per heavy atom. The summed E-state index contributed by atoms with van der Waals surface area (Å²) in [5.41, 5.74) is 3.92. The zero-order valence-electron chi connectivity index (χ0n) is 20.0. The molecule has 1 saturated heterocycles. The van der Waals surface area contributed by atoms with E-state index in [9.17, 15) is 4.79 Å². The number of para-hydroxylation sites is 1. The number of likely N-dealkylation sites (tertiary alicyclic amines) is 1. The van der Waals surface area contributed by atoms with Gasteiger partial charge in [0.25, 0.3) is 0 Å². The molecule has 0 radical (unpaired) electrons. The van der Waals surface area contributed by atoms with Gasteiger partial charge in [-0.1, -0.05) is 49.6 Å². The third kappa shape index (κ3) is 4.96. The predicted octanol–water partition coefficient (Wildman–Crippen LogP) is 5.80. The number of aryl methyl sites for hydroxylation is 1. The average Bonchev–Trinajstić information content (AvgIpc) is 2.89. The molecule has 0 aromatic heterocycles. The highest BCUT2D eigenvalue weighted by Gasteiger charge is 2.36. The normalized spacial score (nSPS) is 22.7. The van der Waals surface area contributed by atoms with Gasteiger partial charge in [-0.3, -0.25) is 4.79 Å². The van der Waals surface area contributed by atoms with Crippen molar-refractivity contribution >= 4 is 11.6 Å². The molecule has 0 spiro atoms. The van der Waals surface area contributed by atoms with Crippen LogP contribution in [0.3, 0.4) is 0 Å². The van der Waals surface area contributed by atoms with E-state index in [-0.39, 0.29) is 5.92 Å². The molecule has 2 fully saturated rings. The van der Waals surface area contributed by atoms with E-state index < -0.39 is 0 Å². The number of piperidine rings is 1. The maximum absolute atomic E-state index is 13.8. The van der Waals surface area contributed by atoms with Crippen molar-refractivity contribution in [2.75, 3.05) is 31.6 Å². The summed E-state index contributed by atoms with van der Waals surface area (Å²) in [7, 11) is 1.74. The van der Waals surface area contributed by atoms with Crippen molar-refractivity contribution in [3.05, 3.63) is 59.7 Å².